The average Bonchev–Trinajstić information content (AvgIpc) is 2.82. The summed E-state index contributed by atoms with van der Waals surface area (Å²) >= 11 is 0. The van der Waals surface area contributed by atoms with Gasteiger partial charge in [-0.3, -0.25) is 4.79 Å². The van der Waals surface area contributed by atoms with Crippen LogP contribution in [0.3, 0.4) is 0 Å². The number of carbonyl (C=O) groups excluding carboxylic acids is 2. The molecule has 1 fully saturated rings. The Bertz CT molecular complexity index is 1100. The SMILES string of the molecule is O=C(O)CC1CCC(OC(=O)N2CCc3cc(NC(=O)Nc4c(F)cccc4F)ccc3C2)CC1. The number of carboxylic acid groups (broad SMARTS) is 1. The second-order valence-corrected chi connectivity index (χ2v) is 8.96. The van der Waals surface area contributed by atoms with Crippen LogP contribution >= 0.6 is 0 Å². The Morgan fingerprint density at radius 3 is 2.40 bits per heavy atom. The molecule has 0 spiro atoms. The van der Waals surface area contributed by atoms with Crippen LogP contribution in [-0.4, -0.2) is 40.7 Å². The molecule has 0 bridgehead atoms. The van der Waals surface area contributed by atoms with Gasteiger partial charge in [0.05, 0.1) is 0 Å². The summed E-state index contributed by atoms with van der Waals surface area (Å²) in [6, 6.07) is 7.78. The second-order valence-electron chi connectivity index (χ2n) is 8.96. The van der Waals surface area contributed by atoms with E-state index in [2.05, 4.69) is 10.6 Å². The fraction of sp³-hybridized carbons (Fsp3) is 0.400. The van der Waals surface area contributed by atoms with Gasteiger partial charge in [-0.05, 0) is 73.4 Å². The van der Waals surface area contributed by atoms with Gasteiger partial charge in [-0.25, -0.2) is 18.4 Å². The molecule has 3 amide bonds. The van der Waals surface area contributed by atoms with Gasteiger partial charge in [0.25, 0.3) is 0 Å². The van der Waals surface area contributed by atoms with E-state index >= 15 is 0 Å². The van der Waals surface area contributed by atoms with Gasteiger partial charge in [0.15, 0.2) is 0 Å². The number of para-hydroxylation sites is 1. The van der Waals surface area contributed by atoms with Crippen molar-refractivity contribution in [2.45, 2.75) is 51.2 Å². The molecule has 3 N–H and O–H groups in total. The normalized spacial score (nSPS) is 19.4. The number of rotatable bonds is 5. The minimum Gasteiger partial charge on any atom is -0.481 e. The highest BCUT2D eigenvalue weighted by Gasteiger charge is 2.28. The molecule has 2 aromatic rings. The summed E-state index contributed by atoms with van der Waals surface area (Å²) in [4.78, 5) is 37.4. The van der Waals surface area contributed by atoms with Crippen LogP contribution in [-0.2, 0) is 22.5 Å². The number of fused-ring (bicyclic) bond motifs is 1. The number of hydrogen-bond acceptors (Lipinski definition) is 4. The maximum absolute atomic E-state index is 13.7. The van der Waals surface area contributed by atoms with Crippen LogP contribution in [0.5, 0.6) is 0 Å². The maximum atomic E-state index is 13.7. The summed E-state index contributed by atoms with van der Waals surface area (Å²) in [5, 5.41) is 13.7. The Morgan fingerprint density at radius 2 is 1.71 bits per heavy atom. The standard InChI is InChI=1S/C25H27F2N3O5/c26-20-2-1-3-21(27)23(20)29-24(33)28-18-7-6-17-14-30(11-10-16(17)13-18)25(34)35-19-8-4-15(5-9-19)12-22(31)32/h1-3,6-7,13,15,19H,4-5,8-12,14H2,(H,31,32)(H2,28,29,33). The first-order valence-corrected chi connectivity index (χ1v) is 11.6. The number of halogens is 2. The predicted octanol–water partition coefficient (Wildman–Crippen LogP) is 5.14. The Balaban J connectivity index is 1.29. The Labute approximate surface area is 201 Å². The summed E-state index contributed by atoms with van der Waals surface area (Å²) in [6.07, 6.45) is 2.95. The quantitative estimate of drug-likeness (QED) is 0.542. The molecule has 2 aromatic carbocycles. The summed E-state index contributed by atoms with van der Waals surface area (Å²) < 4.78 is 33.1. The number of anilines is 2. The van der Waals surface area contributed by atoms with Crippen molar-refractivity contribution in [3.8, 4) is 0 Å². The highest BCUT2D eigenvalue weighted by molar-refractivity contribution is 6.00. The number of aliphatic carboxylic acids is 1. The molecule has 186 valence electrons. The van der Waals surface area contributed by atoms with Gasteiger partial charge < -0.3 is 25.4 Å². The number of benzene rings is 2. The minimum atomic E-state index is -0.870. The number of hydrogen-bond donors (Lipinski definition) is 3. The predicted molar refractivity (Wildman–Crippen MR) is 124 cm³/mol. The lowest BCUT2D eigenvalue weighted by Gasteiger charge is -2.32. The highest BCUT2D eigenvalue weighted by Crippen LogP contribution is 2.30. The third-order valence-electron chi connectivity index (χ3n) is 6.46. The molecule has 1 saturated carbocycles. The fourth-order valence-corrected chi connectivity index (χ4v) is 4.60. The molecule has 8 nitrogen and oxygen atoms in total. The highest BCUT2D eigenvalue weighted by atomic mass is 19.1. The van der Waals surface area contributed by atoms with Crippen LogP contribution in [0.2, 0.25) is 0 Å². The Kier molecular flexibility index (Phi) is 7.48. The lowest BCUT2D eigenvalue weighted by atomic mass is 9.85. The van der Waals surface area contributed by atoms with Crippen LogP contribution in [0, 0.1) is 17.6 Å². The minimum absolute atomic E-state index is 0.139. The van der Waals surface area contributed by atoms with Crippen LogP contribution in [0.1, 0.15) is 43.2 Å². The molecule has 4 rings (SSSR count). The van der Waals surface area contributed by atoms with Gasteiger partial charge in [0, 0.05) is 25.2 Å². The van der Waals surface area contributed by atoms with Crippen molar-refractivity contribution in [3.05, 3.63) is 59.2 Å². The van der Waals surface area contributed by atoms with Crippen LogP contribution in [0.15, 0.2) is 36.4 Å². The van der Waals surface area contributed by atoms with Crippen LogP contribution < -0.4 is 10.6 Å². The summed E-state index contributed by atoms with van der Waals surface area (Å²) in [7, 11) is 0. The largest absolute Gasteiger partial charge is 0.481 e. The van der Waals surface area contributed by atoms with Gasteiger partial charge in [0.1, 0.15) is 23.4 Å². The zero-order chi connectivity index (χ0) is 24.9. The van der Waals surface area contributed by atoms with Crippen molar-refractivity contribution in [1.29, 1.82) is 0 Å². The first kappa shape index (κ1) is 24.4. The molecule has 0 aromatic heterocycles. The Morgan fingerprint density at radius 1 is 1.00 bits per heavy atom. The molecule has 0 radical (unpaired) electrons. The van der Waals surface area contributed by atoms with Crippen molar-refractivity contribution >= 4 is 29.5 Å². The lowest BCUT2D eigenvalue weighted by molar-refractivity contribution is -0.138. The molecule has 1 aliphatic heterocycles. The van der Waals surface area contributed by atoms with Crippen LogP contribution in [0.4, 0.5) is 29.7 Å². The van der Waals surface area contributed by atoms with Crippen molar-refractivity contribution < 1.29 is 33.0 Å². The van der Waals surface area contributed by atoms with E-state index in [1.807, 2.05) is 0 Å². The second kappa shape index (κ2) is 10.7. The number of ether oxygens (including phenoxy) is 1. The number of nitrogens with one attached hydrogen (secondary N) is 2. The first-order valence-electron chi connectivity index (χ1n) is 11.6. The zero-order valence-corrected chi connectivity index (χ0v) is 19.1. The summed E-state index contributed by atoms with van der Waals surface area (Å²) in [5.41, 5.74) is 1.82. The van der Waals surface area contributed by atoms with E-state index in [0.29, 0.717) is 38.0 Å². The van der Waals surface area contributed by atoms with Gasteiger partial charge >= 0.3 is 18.1 Å². The van der Waals surface area contributed by atoms with E-state index in [-0.39, 0.29) is 24.5 Å². The van der Waals surface area contributed by atoms with E-state index < -0.39 is 29.3 Å². The van der Waals surface area contributed by atoms with Crippen molar-refractivity contribution in [2.24, 2.45) is 5.92 Å². The molecule has 1 aliphatic carbocycles. The number of carboxylic acids is 1. The van der Waals surface area contributed by atoms with E-state index in [4.69, 9.17) is 9.84 Å². The fourth-order valence-electron chi connectivity index (χ4n) is 4.60. The van der Waals surface area contributed by atoms with Crippen molar-refractivity contribution in [1.82, 2.24) is 4.90 Å². The number of urea groups is 1. The molecule has 0 saturated heterocycles. The Hall–Kier alpha value is -3.69. The molecule has 35 heavy (non-hydrogen) atoms. The van der Waals surface area contributed by atoms with Gasteiger partial charge in [-0.2, -0.15) is 0 Å². The van der Waals surface area contributed by atoms with E-state index in [1.54, 1.807) is 23.1 Å². The number of carbonyl (C=O) groups is 3. The molecular weight excluding hydrogens is 460 g/mol. The van der Waals surface area contributed by atoms with E-state index in [9.17, 15) is 23.2 Å². The number of amides is 3. The van der Waals surface area contributed by atoms with Gasteiger partial charge in [-0.1, -0.05) is 12.1 Å². The molecule has 0 atom stereocenters. The van der Waals surface area contributed by atoms with E-state index in [0.717, 1.165) is 36.1 Å². The molecular formula is C25H27F2N3O5. The zero-order valence-electron chi connectivity index (χ0n) is 19.1. The van der Waals surface area contributed by atoms with Crippen molar-refractivity contribution in [2.75, 3.05) is 17.2 Å². The number of nitrogens with zero attached hydrogens (tertiary/aromatic N) is 1. The lowest BCUT2D eigenvalue weighted by Crippen LogP contribution is -2.39. The summed E-state index contributed by atoms with van der Waals surface area (Å²) in [6.45, 7) is 0.825. The average molecular weight is 488 g/mol. The van der Waals surface area contributed by atoms with Crippen molar-refractivity contribution in [3.63, 3.8) is 0 Å². The monoisotopic (exact) mass is 487 g/mol. The summed E-state index contributed by atoms with van der Waals surface area (Å²) in [5.74, 6) is -2.40. The first-order chi connectivity index (χ1) is 16.8. The third-order valence-corrected chi connectivity index (χ3v) is 6.46. The molecule has 0 unspecified atom stereocenters. The van der Waals surface area contributed by atoms with Crippen LogP contribution in [0.25, 0.3) is 0 Å². The van der Waals surface area contributed by atoms with Gasteiger partial charge in [-0.15, -0.1) is 0 Å². The molecule has 10 heteroatoms. The van der Waals surface area contributed by atoms with Gasteiger partial charge in [0.2, 0.25) is 0 Å². The third kappa shape index (κ3) is 6.26. The molecule has 2 aliphatic rings. The molecule has 1 heterocycles. The van der Waals surface area contributed by atoms with E-state index in [1.165, 1.54) is 6.07 Å². The smallest absolute Gasteiger partial charge is 0.410 e. The maximum Gasteiger partial charge on any atom is 0.410 e. The topological polar surface area (TPSA) is 108 Å².